The predicted octanol–water partition coefficient (Wildman–Crippen LogP) is 1.30. The third-order valence-electron chi connectivity index (χ3n) is 2.31. The van der Waals surface area contributed by atoms with Crippen molar-refractivity contribution in [3.63, 3.8) is 0 Å². The zero-order valence-electron chi connectivity index (χ0n) is 8.56. The van der Waals surface area contributed by atoms with Crippen molar-refractivity contribution in [2.75, 3.05) is 26.5 Å². The second-order valence-corrected chi connectivity index (χ2v) is 3.92. The molecule has 4 nitrogen and oxygen atoms in total. The molecule has 1 rings (SSSR count). The van der Waals surface area contributed by atoms with Crippen molar-refractivity contribution in [3.8, 4) is 6.19 Å². The number of piperidine rings is 1. The third kappa shape index (κ3) is 2.89. The number of thioether (sulfide) groups is 1. The van der Waals surface area contributed by atoms with Crippen molar-refractivity contribution in [2.45, 2.75) is 18.9 Å². The lowest BCUT2D eigenvalue weighted by Gasteiger charge is -2.32. The Labute approximate surface area is 88.9 Å². The van der Waals surface area contributed by atoms with E-state index in [-0.39, 0.29) is 6.10 Å². The molecule has 0 N–H and O–H groups in total. The Hall–Kier alpha value is -0.730. The van der Waals surface area contributed by atoms with Gasteiger partial charge in [-0.25, -0.2) is 0 Å². The minimum atomic E-state index is 0.278. The number of ether oxygens (including phenoxy) is 1. The van der Waals surface area contributed by atoms with Crippen molar-refractivity contribution in [3.05, 3.63) is 0 Å². The summed E-state index contributed by atoms with van der Waals surface area (Å²) >= 11 is 1.51. The van der Waals surface area contributed by atoms with Gasteiger partial charge < -0.3 is 9.64 Å². The maximum atomic E-state index is 8.51. The highest BCUT2D eigenvalue weighted by atomic mass is 32.2. The fourth-order valence-electron chi connectivity index (χ4n) is 1.59. The summed E-state index contributed by atoms with van der Waals surface area (Å²) in [6, 6.07) is 0. The first kappa shape index (κ1) is 11.3. The van der Waals surface area contributed by atoms with Gasteiger partial charge in [0.2, 0.25) is 6.19 Å². The van der Waals surface area contributed by atoms with Gasteiger partial charge in [-0.15, -0.1) is 4.99 Å². The Balaban J connectivity index is 2.58. The van der Waals surface area contributed by atoms with Crippen molar-refractivity contribution < 1.29 is 4.74 Å². The number of methoxy groups -OCH3 is 1. The molecule has 1 aliphatic heterocycles. The van der Waals surface area contributed by atoms with E-state index in [1.807, 2.05) is 12.4 Å². The number of likely N-dealkylation sites (tertiary alicyclic amines) is 1. The van der Waals surface area contributed by atoms with Gasteiger partial charge in [0.1, 0.15) is 0 Å². The van der Waals surface area contributed by atoms with Crippen molar-refractivity contribution in [2.24, 2.45) is 4.99 Å². The first-order chi connectivity index (χ1) is 6.81. The molecule has 1 saturated heterocycles. The van der Waals surface area contributed by atoms with Crippen LogP contribution < -0.4 is 0 Å². The minimum absolute atomic E-state index is 0.278. The van der Waals surface area contributed by atoms with Gasteiger partial charge in [0, 0.05) is 20.2 Å². The Morgan fingerprint density at radius 2 is 2.50 bits per heavy atom. The van der Waals surface area contributed by atoms with Crippen LogP contribution in [0, 0.1) is 11.5 Å². The lowest BCUT2D eigenvalue weighted by molar-refractivity contribution is 0.0546. The van der Waals surface area contributed by atoms with E-state index in [2.05, 4.69) is 9.89 Å². The number of rotatable bonds is 1. The number of hydrogen-bond donors (Lipinski definition) is 0. The Morgan fingerprint density at radius 3 is 3.07 bits per heavy atom. The van der Waals surface area contributed by atoms with Crippen LogP contribution in [-0.4, -0.2) is 42.6 Å². The molecule has 0 aliphatic carbocycles. The monoisotopic (exact) mass is 213 g/mol. The fourth-order valence-corrected chi connectivity index (χ4v) is 2.15. The van der Waals surface area contributed by atoms with Crippen LogP contribution in [0.1, 0.15) is 12.8 Å². The standard InChI is InChI=1S/C9H15N3OS/c1-13-8-4-3-5-12(6-8)9(14-2)11-7-10/h8H,3-6H2,1-2H3. The van der Waals surface area contributed by atoms with Crippen LogP contribution in [0.2, 0.25) is 0 Å². The smallest absolute Gasteiger partial charge is 0.208 e. The summed E-state index contributed by atoms with van der Waals surface area (Å²) in [4.78, 5) is 5.91. The molecule has 1 fully saturated rings. The van der Waals surface area contributed by atoms with Gasteiger partial charge in [-0.05, 0) is 19.1 Å². The zero-order chi connectivity index (χ0) is 10.4. The van der Waals surface area contributed by atoms with Crippen molar-refractivity contribution in [1.82, 2.24) is 4.90 Å². The average Bonchev–Trinajstić information content (AvgIpc) is 2.26. The summed E-state index contributed by atoms with van der Waals surface area (Å²) in [7, 11) is 1.73. The van der Waals surface area contributed by atoms with E-state index in [1.54, 1.807) is 7.11 Å². The van der Waals surface area contributed by atoms with E-state index >= 15 is 0 Å². The lowest BCUT2D eigenvalue weighted by Crippen LogP contribution is -2.41. The SMILES string of the molecule is COC1CCCN(C(=NC#N)SC)C1. The second kappa shape index (κ2) is 5.89. The first-order valence-corrected chi connectivity index (χ1v) is 5.82. The van der Waals surface area contributed by atoms with Gasteiger partial charge >= 0.3 is 0 Å². The number of amidine groups is 1. The number of nitriles is 1. The number of hydrogen-bond acceptors (Lipinski definition) is 4. The molecule has 1 unspecified atom stereocenters. The van der Waals surface area contributed by atoms with Crippen LogP contribution in [0.5, 0.6) is 0 Å². The van der Waals surface area contributed by atoms with Crippen LogP contribution in [0.4, 0.5) is 0 Å². The topological polar surface area (TPSA) is 48.6 Å². The molecule has 5 heteroatoms. The lowest BCUT2D eigenvalue weighted by atomic mass is 10.1. The van der Waals surface area contributed by atoms with Crippen LogP contribution in [0.15, 0.2) is 4.99 Å². The molecular formula is C9H15N3OS. The molecule has 1 aliphatic rings. The Morgan fingerprint density at radius 1 is 1.71 bits per heavy atom. The summed E-state index contributed by atoms with van der Waals surface area (Å²) in [5.41, 5.74) is 0. The van der Waals surface area contributed by atoms with E-state index in [1.165, 1.54) is 11.8 Å². The Kier molecular flexibility index (Phi) is 4.77. The summed E-state index contributed by atoms with van der Waals surface area (Å²) < 4.78 is 5.31. The number of aliphatic imine (C=N–C) groups is 1. The average molecular weight is 213 g/mol. The molecule has 0 spiro atoms. The highest BCUT2D eigenvalue weighted by Crippen LogP contribution is 2.16. The molecule has 1 heterocycles. The van der Waals surface area contributed by atoms with Gasteiger partial charge in [0.05, 0.1) is 6.10 Å². The van der Waals surface area contributed by atoms with Gasteiger partial charge in [0.25, 0.3) is 0 Å². The second-order valence-electron chi connectivity index (χ2n) is 3.14. The highest BCUT2D eigenvalue weighted by Gasteiger charge is 2.21. The van der Waals surface area contributed by atoms with Gasteiger partial charge in [0.15, 0.2) is 5.17 Å². The van der Waals surface area contributed by atoms with Crippen LogP contribution in [0.3, 0.4) is 0 Å². The van der Waals surface area contributed by atoms with Crippen LogP contribution in [0.25, 0.3) is 0 Å². The molecule has 78 valence electrons. The molecule has 0 bridgehead atoms. The molecule has 0 amide bonds. The summed E-state index contributed by atoms with van der Waals surface area (Å²) in [6.07, 6.45) is 6.25. The number of nitrogens with zero attached hydrogens (tertiary/aromatic N) is 3. The van der Waals surface area contributed by atoms with Crippen LogP contribution in [-0.2, 0) is 4.74 Å². The third-order valence-corrected chi connectivity index (χ3v) is 3.02. The molecule has 0 saturated carbocycles. The summed E-state index contributed by atoms with van der Waals surface area (Å²) in [5.74, 6) is 0. The first-order valence-electron chi connectivity index (χ1n) is 4.60. The predicted molar refractivity (Wildman–Crippen MR) is 58.2 cm³/mol. The van der Waals surface area contributed by atoms with Crippen molar-refractivity contribution >= 4 is 16.9 Å². The zero-order valence-corrected chi connectivity index (χ0v) is 9.38. The minimum Gasteiger partial charge on any atom is -0.380 e. The van der Waals surface area contributed by atoms with Gasteiger partial charge in [-0.3, -0.25) is 0 Å². The fraction of sp³-hybridized carbons (Fsp3) is 0.778. The molecule has 0 aromatic heterocycles. The summed E-state index contributed by atoms with van der Waals surface area (Å²) in [6.45, 7) is 1.82. The van der Waals surface area contributed by atoms with Gasteiger partial charge in [-0.1, -0.05) is 11.8 Å². The molecule has 0 radical (unpaired) electrons. The maximum absolute atomic E-state index is 8.51. The quantitative estimate of drug-likeness (QED) is 0.374. The molecule has 1 atom stereocenters. The largest absolute Gasteiger partial charge is 0.380 e. The van der Waals surface area contributed by atoms with Crippen LogP contribution >= 0.6 is 11.8 Å². The molecular weight excluding hydrogens is 198 g/mol. The maximum Gasteiger partial charge on any atom is 0.208 e. The van der Waals surface area contributed by atoms with E-state index in [9.17, 15) is 0 Å². The summed E-state index contributed by atoms with van der Waals surface area (Å²) in [5, 5.41) is 9.31. The van der Waals surface area contributed by atoms with E-state index < -0.39 is 0 Å². The molecule has 0 aromatic carbocycles. The Bertz CT molecular complexity index is 249. The highest BCUT2D eigenvalue weighted by molar-refractivity contribution is 8.13. The van der Waals surface area contributed by atoms with Crippen molar-refractivity contribution in [1.29, 1.82) is 5.26 Å². The van der Waals surface area contributed by atoms with E-state index in [4.69, 9.17) is 10.00 Å². The molecule has 0 aromatic rings. The molecule has 14 heavy (non-hydrogen) atoms. The normalized spacial score (nSPS) is 23.4. The van der Waals surface area contributed by atoms with E-state index in [0.717, 1.165) is 31.1 Å². The van der Waals surface area contributed by atoms with E-state index in [0.29, 0.717) is 0 Å². The van der Waals surface area contributed by atoms with Gasteiger partial charge in [-0.2, -0.15) is 5.26 Å².